The van der Waals surface area contributed by atoms with Crippen molar-refractivity contribution in [2.24, 2.45) is 0 Å². The van der Waals surface area contributed by atoms with Gasteiger partial charge in [0.2, 0.25) is 5.76 Å². The lowest BCUT2D eigenvalue weighted by Crippen LogP contribution is -2.24. The van der Waals surface area contributed by atoms with E-state index in [4.69, 9.17) is 14.5 Å². The van der Waals surface area contributed by atoms with Crippen LogP contribution in [0.25, 0.3) is 21.6 Å². The maximum atomic E-state index is 13.3. The fourth-order valence-electron chi connectivity index (χ4n) is 2.92. The second kappa shape index (κ2) is 6.48. The van der Waals surface area contributed by atoms with Gasteiger partial charge in [0.1, 0.15) is 16.4 Å². The molecule has 0 fully saturated rings. The summed E-state index contributed by atoms with van der Waals surface area (Å²) in [6.45, 7) is 3.94. The number of fused-ring (bicyclic) bond motifs is 1. The zero-order valence-corrected chi connectivity index (χ0v) is 15.4. The number of thiophene rings is 1. The van der Waals surface area contributed by atoms with Crippen molar-refractivity contribution >= 4 is 27.5 Å². The Morgan fingerprint density at radius 2 is 2.11 bits per heavy atom. The molecule has 27 heavy (non-hydrogen) atoms. The zero-order valence-electron chi connectivity index (χ0n) is 14.6. The van der Waals surface area contributed by atoms with E-state index in [-0.39, 0.29) is 17.9 Å². The first-order chi connectivity index (χ1) is 13.0. The first-order valence-electron chi connectivity index (χ1n) is 8.18. The first-order valence-corrected chi connectivity index (χ1v) is 9.00. The van der Waals surface area contributed by atoms with Crippen molar-refractivity contribution in [3.63, 3.8) is 0 Å². The molecule has 0 radical (unpaired) electrons. The van der Waals surface area contributed by atoms with Crippen molar-refractivity contribution in [2.75, 3.05) is 0 Å². The molecule has 0 aromatic carbocycles. The molecular formula is C19H15N3O4S. The van der Waals surface area contributed by atoms with Crippen LogP contribution >= 0.6 is 11.3 Å². The molecule has 4 aromatic rings. The van der Waals surface area contributed by atoms with E-state index < -0.39 is 5.97 Å². The minimum Gasteiger partial charge on any atom is -0.475 e. The molecule has 4 rings (SSSR count). The molecular weight excluding hydrogens is 366 g/mol. The number of hydrogen-bond acceptors (Lipinski definition) is 6. The number of carboxylic acids is 1. The van der Waals surface area contributed by atoms with Crippen molar-refractivity contribution in [3.8, 4) is 11.4 Å². The SMILES string of the molecule is Cc1sc2nc(-c3cccnc3)n(Cc3ccc(C(=O)O)o3)c(=O)c2c1C. The molecule has 0 atom stereocenters. The van der Waals surface area contributed by atoms with Gasteiger partial charge in [-0.05, 0) is 43.7 Å². The Morgan fingerprint density at radius 1 is 1.30 bits per heavy atom. The molecule has 0 aliphatic rings. The maximum absolute atomic E-state index is 13.3. The largest absolute Gasteiger partial charge is 0.475 e. The molecule has 1 N–H and O–H groups in total. The van der Waals surface area contributed by atoms with Crippen LogP contribution in [0.1, 0.15) is 26.8 Å². The average Bonchev–Trinajstić information content (AvgIpc) is 3.23. The summed E-state index contributed by atoms with van der Waals surface area (Å²) in [7, 11) is 0. The van der Waals surface area contributed by atoms with E-state index in [1.165, 1.54) is 22.0 Å². The lowest BCUT2D eigenvalue weighted by Gasteiger charge is -2.11. The maximum Gasteiger partial charge on any atom is 0.371 e. The van der Waals surface area contributed by atoms with Crippen LogP contribution in [-0.4, -0.2) is 25.6 Å². The summed E-state index contributed by atoms with van der Waals surface area (Å²) >= 11 is 1.48. The van der Waals surface area contributed by atoms with Crippen LogP contribution in [0, 0.1) is 13.8 Å². The number of aromatic nitrogens is 3. The fraction of sp³-hybridized carbons (Fsp3) is 0.158. The van der Waals surface area contributed by atoms with Crippen molar-refractivity contribution in [1.29, 1.82) is 0 Å². The molecule has 0 saturated heterocycles. The van der Waals surface area contributed by atoms with Gasteiger partial charge in [-0.2, -0.15) is 0 Å². The first kappa shape index (κ1) is 17.2. The number of aromatic carboxylic acids is 1. The highest BCUT2D eigenvalue weighted by atomic mass is 32.1. The minimum atomic E-state index is -1.15. The summed E-state index contributed by atoms with van der Waals surface area (Å²) < 4.78 is 6.85. The number of pyridine rings is 1. The quantitative estimate of drug-likeness (QED) is 0.581. The molecule has 0 saturated carbocycles. The van der Waals surface area contributed by atoms with Crippen LogP contribution in [0.2, 0.25) is 0 Å². The standard InChI is InChI=1S/C19H15N3O4S/c1-10-11(2)27-17-15(10)18(23)22(9-13-5-6-14(26-13)19(24)25)16(21-17)12-4-3-7-20-8-12/h3-8H,9H2,1-2H3,(H,24,25). The van der Waals surface area contributed by atoms with Gasteiger partial charge < -0.3 is 9.52 Å². The third kappa shape index (κ3) is 2.93. The third-order valence-corrected chi connectivity index (χ3v) is 5.50. The molecule has 4 aromatic heterocycles. The highest BCUT2D eigenvalue weighted by Gasteiger charge is 2.19. The van der Waals surface area contributed by atoms with Gasteiger partial charge in [0.25, 0.3) is 5.56 Å². The normalized spacial score (nSPS) is 11.2. The number of hydrogen-bond donors (Lipinski definition) is 1. The molecule has 0 unspecified atom stereocenters. The Balaban J connectivity index is 1.95. The van der Waals surface area contributed by atoms with Crippen molar-refractivity contribution in [3.05, 3.63) is 69.0 Å². The Labute approximate surface area is 157 Å². The van der Waals surface area contributed by atoms with E-state index >= 15 is 0 Å². The highest BCUT2D eigenvalue weighted by Crippen LogP contribution is 2.28. The molecule has 8 heteroatoms. The van der Waals surface area contributed by atoms with Crippen LogP contribution in [0.15, 0.2) is 45.9 Å². The number of carboxylic acid groups (broad SMARTS) is 1. The minimum absolute atomic E-state index is 0.0770. The van der Waals surface area contributed by atoms with Gasteiger partial charge in [-0.15, -0.1) is 11.3 Å². The molecule has 0 aliphatic carbocycles. The number of furan rings is 1. The fourth-order valence-corrected chi connectivity index (χ4v) is 3.94. The smallest absolute Gasteiger partial charge is 0.371 e. The molecule has 136 valence electrons. The summed E-state index contributed by atoms with van der Waals surface area (Å²) in [6, 6.07) is 6.53. The third-order valence-electron chi connectivity index (χ3n) is 4.39. The lowest BCUT2D eigenvalue weighted by atomic mass is 10.2. The number of carbonyl (C=O) groups is 1. The number of nitrogens with zero attached hydrogens (tertiary/aromatic N) is 3. The van der Waals surface area contributed by atoms with Gasteiger partial charge in [-0.1, -0.05) is 0 Å². The van der Waals surface area contributed by atoms with Gasteiger partial charge in [0.05, 0.1) is 11.9 Å². The lowest BCUT2D eigenvalue weighted by molar-refractivity contribution is 0.0660. The van der Waals surface area contributed by atoms with Gasteiger partial charge in [-0.3, -0.25) is 14.3 Å². The topological polar surface area (TPSA) is 98.2 Å². The van der Waals surface area contributed by atoms with Gasteiger partial charge in [0, 0.05) is 22.8 Å². The van der Waals surface area contributed by atoms with Gasteiger partial charge >= 0.3 is 5.97 Å². The Bertz CT molecular complexity index is 1220. The Hall–Kier alpha value is -3.26. The van der Waals surface area contributed by atoms with E-state index in [2.05, 4.69) is 4.98 Å². The highest BCUT2D eigenvalue weighted by molar-refractivity contribution is 7.18. The summed E-state index contributed by atoms with van der Waals surface area (Å²) in [5, 5.41) is 9.63. The van der Waals surface area contributed by atoms with Crippen molar-refractivity contribution < 1.29 is 14.3 Å². The molecule has 0 spiro atoms. The van der Waals surface area contributed by atoms with E-state index in [0.29, 0.717) is 27.4 Å². The van der Waals surface area contributed by atoms with E-state index in [9.17, 15) is 9.59 Å². The summed E-state index contributed by atoms with van der Waals surface area (Å²) in [6.07, 6.45) is 3.29. The summed E-state index contributed by atoms with van der Waals surface area (Å²) in [5.74, 6) is -0.489. The van der Waals surface area contributed by atoms with Crippen molar-refractivity contribution in [2.45, 2.75) is 20.4 Å². The number of rotatable bonds is 4. The molecule has 0 aliphatic heterocycles. The predicted molar refractivity (Wildman–Crippen MR) is 101 cm³/mol. The van der Waals surface area contributed by atoms with E-state index in [1.54, 1.807) is 24.5 Å². The molecule has 7 nitrogen and oxygen atoms in total. The van der Waals surface area contributed by atoms with E-state index in [1.807, 2.05) is 19.9 Å². The van der Waals surface area contributed by atoms with Crippen LogP contribution < -0.4 is 5.56 Å². The van der Waals surface area contributed by atoms with Crippen molar-refractivity contribution in [1.82, 2.24) is 14.5 Å². The van der Waals surface area contributed by atoms with Crippen LogP contribution in [0.3, 0.4) is 0 Å². The molecule has 4 heterocycles. The van der Waals surface area contributed by atoms with Gasteiger partial charge in [0.15, 0.2) is 0 Å². The van der Waals surface area contributed by atoms with Crippen LogP contribution in [-0.2, 0) is 6.54 Å². The molecule has 0 bridgehead atoms. The summed E-state index contributed by atoms with van der Waals surface area (Å²) in [4.78, 5) is 34.9. The second-order valence-corrected chi connectivity index (χ2v) is 7.31. The average molecular weight is 381 g/mol. The van der Waals surface area contributed by atoms with Crippen LogP contribution in [0.4, 0.5) is 0 Å². The van der Waals surface area contributed by atoms with Gasteiger partial charge in [-0.25, -0.2) is 9.78 Å². The monoisotopic (exact) mass is 381 g/mol. The summed E-state index contributed by atoms with van der Waals surface area (Å²) in [5.41, 5.74) is 1.42. The Kier molecular flexibility index (Phi) is 4.12. The molecule has 0 amide bonds. The van der Waals surface area contributed by atoms with E-state index in [0.717, 1.165) is 10.4 Å². The second-order valence-electron chi connectivity index (χ2n) is 6.10. The Morgan fingerprint density at radius 3 is 2.78 bits per heavy atom. The predicted octanol–water partition coefficient (Wildman–Crippen LogP) is 3.48. The number of aryl methyl sites for hydroxylation is 2. The van der Waals surface area contributed by atoms with Crippen LogP contribution in [0.5, 0.6) is 0 Å². The zero-order chi connectivity index (χ0) is 19.1.